The number of hydroxylamine groups is 1. The minimum absolute atomic E-state index is 0.166. The highest BCUT2D eigenvalue weighted by Gasteiger charge is 2.12. The molecule has 3 aromatic rings. The third kappa shape index (κ3) is 9.32. The molecular weight excluding hydrogens is 475 g/mol. The second-order valence-corrected chi connectivity index (χ2v) is 8.65. The molecule has 0 bridgehead atoms. The second-order valence-electron chi connectivity index (χ2n) is 8.33. The molecule has 2 N–H and O–H groups in total. The molecule has 0 aromatic heterocycles. The number of nitrogens with one attached hydrogen (secondary N) is 2. The van der Waals surface area contributed by atoms with E-state index in [4.69, 9.17) is 4.84 Å². The summed E-state index contributed by atoms with van der Waals surface area (Å²) in [5.74, 6) is -0.115. The molecule has 0 spiro atoms. The zero-order valence-corrected chi connectivity index (χ0v) is 21.0. The normalized spacial score (nSPS) is 11.2. The van der Waals surface area contributed by atoms with Gasteiger partial charge in [-0.2, -0.15) is 12.6 Å². The van der Waals surface area contributed by atoms with Crippen LogP contribution >= 0.6 is 12.6 Å². The third-order valence-electron chi connectivity index (χ3n) is 5.51. The van der Waals surface area contributed by atoms with Crippen LogP contribution in [0.3, 0.4) is 0 Å². The van der Waals surface area contributed by atoms with Crippen LogP contribution in [0.25, 0.3) is 11.6 Å². The van der Waals surface area contributed by atoms with Crippen LogP contribution in [0, 0.1) is 5.82 Å². The van der Waals surface area contributed by atoms with E-state index in [0.29, 0.717) is 42.9 Å². The van der Waals surface area contributed by atoms with Crippen molar-refractivity contribution in [2.75, 3.05) is 6.54 Å². The Labute approximate surface area is 217 Å². The summed E-state index contributed by atoms with van der Waals surface area (Å²) in [7, 11) is 0. The summed E-state index contributed by atoms with van der Waals surface area (Å²) in [5.41, 5.74) is 6.50. The van der Waals surface area contributed by atoms with Gasteiger partial charge in [0.15, 0.2) is 0 Å². The lowest BCUT2D eigenvalue weighted by atomic mass is 10.0. The lowest BCUT2D eigenvalue weighted by molar-refractivity contribution is -0.134. The van der Waals surface area contributed by atoms with E-state index in [1.807, 2.05) is 54.6 Å². The first-order chi connectivity index (χ1) is 17.5. The molecule has 7 heteroatoms. The average molecular weight is 507 g/mol. The van der Waals surface area contributed by atoms with Crippen LogP contribution < -0.4 is 10.8 Å². The number of halogens is 1. The van der Waals surface area contributed by atoms with E-state index in [2.05, 4.69) is 23.4 Å². The van der Waals surface area contributed by atoms with Gasteiger partial charge in [-0.1, -0.05) is 73.2 Å². The van der Waals surface area contributed by atoms with Crippen LogP contribution in [0.2, 0.25) is 0 Å². The van der Waals surface area contributed by atoms with Gasteiger partial charge in [-0.25, -0.2) is 9.87 Å². The van der Waals surface area contributed by atoms with Crippen molar-refractivity contribution in [2.24, 2.45) is 0 Å². The van der Waals surface area contributed by atoms with Gasteiger partial charge in [0.2, 0.25) is 5.91 Å². The Morgan fingerprint density at radius 1 is 0.861 bits per heavy atom. The zero-order valence-electron chi connectivity index (χ0n) is 20.1. The Morgan fingerprint density at radius 2 is 1.58 bits per heavy atom. The van der Waals surface area contributed by atoms with Gasteiger partial charge < -0.3 is 5.32 Å². The highest BCUT2D eigenvalue weighted by Crippen LogP contribution is 2.20. The van der Waals surface area contributed by atoms with Gasteiger partial charge >= 0.3 is 0 Å². The molecule has 0 saturated carbocycles. The van der Waals surface area contributed by atoms with E-state index in [1.165, 1.54) is 12.1 Å². The SMILES string of the molecule is O=C(CCCCCNC(=O)/C(=C\c1ccc(CS)cc1)c1ccc(F)cc1)NOCc1ccccc1. The van der Waals surface area contributed by atoms with Crippen LogP contribution in [-0.4, -0.2) is 18.4 Å². The van der Waals surface area contributed by atoms with Gasteiger partial charge in [0, 0.05) is 24.3 Å². The highest BCUT2D eigenvalue weighted by atomic mass is 32.1. The molecule has 0 unspecified atom stereocenters. The molecule has 0 heterocycles. The predicted molar refractivity (Wildman–Crippen MR) is 144 cm³/mol. The molecule has 0 fully saturated rings. The largest absolute Gasteiger partial charge is 0.352 e. The Hall–Kier alpha value is -3.42. The number of thiol groups is 1. The van der Waals surface area contributed by atoms with E-state index in [9.17, 15) is 14.0 Å². The standard InChI is InChI=1S/C29H31FN2O3S/c30-26-16-14-25(15-17-26)27(19-22-10-12-24(21-36)13-11-22)29(34)31-18-6-2-5-9-28(33)32-35-20-23-7-3-1-4-8-23/h1,3-4,7-8,10-17,19,36H,2,5-6,9,18,20-21H2,(H,31,34)(H,32,33)/b27-19-. The maximum absolute atomic E-state index is 13.4. The van der Waals surface area contributed by atoms with E-state index in [0.717, 1.165) is 29.5 Å². The first kappa shape index (κ1) is 27.2. The molecule has 2 amide bonds. The van der Waals surface area contributed by atoms with Crippen molar-refractivity contribution in [3.05, 3.63) is 107 Å². The van der Waals surface area contributed by atoms with Gasteiger partial charge in [0.1, 0.15) is 5.82 Å². The Bertz CT molecular complexity index is 1130. The van der Waals surface area contributed by atoms with Gasteiger partial charge in [-0.05, 0) is 53.3 Å². The maximum Gasteiger partial charge on any atom is 0.251 e. The quantitative estimate of drug-likeness (QED) is 0.0913. The zero-order chi connectivity index (χ0) is 25.6. The first-order valence-electron chi connectivity index (χ1n) is 12.0. The van der Waals surface area contributed by atoms with Crippen molar-refractivity contribution < 1.29 is 18.8 Å². The van der Waals surface area contributed by atoms with Crippen LogP contribution in [-0.2, 0) is 26.8 Å². The molecule has 0 aliphatic carbocycles. The first-order valence-corrected chi connectivity index (χ1v) is 12.6. The summed E-state index contributed by atoms with van der Waals surface area (Å²) in [6.45, 7) is 0.796. The number of amides is 2. The molecule has 0 atom stereocenters. The number of hydrogen-bond donors (Lipinski definition) is 3. The fourth-order valence-electron chi connectivity index (χ4n) is 3.51. The number of benzene rings is 3. The summed E-state index contributed by atoms with van der Waals surface area (Å²) in [5, 5.41) is 2.94. The highest BCUT2D eigenvalue weighted by molar-refractivity contribution is 7.79. The maximum atomic E-state index is 13.4. The van der Waals surface area contributed by atoms with Crippen LogP contribution in [0.5, 0.6) is 0 Å². The van der Waals surface area contributed by atoms with Gasteiger partial charge in [0.05, 0.1) is 6.61 Å². The van der Waals surface area contributed by atoms with Crippen LogP contribution in [0.1, 0.15) is 47.9 Å². The van der Waals surface area contributed by atoms with Gasteiger partial charge in [-0.3, -0.25) is 14.4 Å². The van der Waals surface area contributed by atoms with Crippen molar-refractivity contribution in [3.8, 4) is 0 Å². The fraction of sp³-hybridized carbons (Fsp3) is 0.241. The summed E-state index contributed by atoms with van der Waals surface area (Å²) < 4.78 is 13.4. The minimum Gasteiger partial charge on any atom is -0.352 e. The molecule has 0 radical (unpaired) electrons. The lowest BCUT2D eigenvalue weighted by Crippen LogP contribution is -2.25. The van der Waals surface area contributed by atoms with Crippen molar-refractivity contribution in [3.63, 3.8) is 0 Å². The average Bonchev–Trinajstić information content (AvgIpc) is 2.90. The van der Waals surface area contributed by atoms with E-state index >= 15 is 0 Å². The van der Waals surface area contributed by atoms with Gasteiger partial charge in [-0.15, -0.1) is 0 Å². The smallest absolute Gasteiger partial charge is 0.251 e. The molecule has 188 valence electrons. The van der Waals surface area contributed by atoms with Crippen molar-refractivity contribution >= 4 is 36.1 Å². The van der Waals surface area contributed by atoms with Crippen molar-refractivity contribution in [1.82, 2.24) is 10.8 Å². The van der Waals surface area contributed by atoms with E-state index in [1.54, 1.807) is 18.2 Å². The lowest BCUT2D eigenvalue weighted by Gasteiger charge is -2.10. The monoisotopic (exact) mass is 506 g/mol. The van der Waals surface area contributed by atoms with Gasteiger partial charge in [0.25, 0.3) is 5.91 Å². The molecule has 5 nitrogen and oxygen atoms in total. The number of carbonyl (C=O) groups excluding carboxylic acids is 2. The Kier molecular flexibility index (Phi) is 11.2. The summed E-state index contributed by atoms with van der Waals surface area (Å²) >= 11 is 4.27. The molecular formula is C29H31FN2O3S. The molecule has 3 rings (SSSR count). The molecule has 0 aliphatic rings. The van der Waals surface area contributed by atoms with Crippen molar-refractivity contribution in [1.29, 1.82) is 0 Å². The summed E-state index contributed by atoms with van der Waals surface area (Å²) in [6, 6.07) is 23.3. The third-order valence-corrected chi connectivity index (χ3v) is 5.87. The number of carbonyl (C=O) groups is 2. The molecule has 0 saturated heterocycles. The predicted octanol–water partition coefficient (Wildman–Crippen LogP) is 5.72. The van der Waals surface area contributed by atoms with Crippen LogP contribution in [0.4, 0.5) is 4.39 Å². The van der Waals surface area contributed by atoms with Crippen molar-refractivity contribution in [2.45, 2.75) is 38.0 Å². The van der Waals surface area contributed by atoms with E-state index < -0.39 is 0 Å². The Balaban J connectivity index is 1.43. The summed E-state index contributed by atoms with van der Waals surface area (Å²) in [4.78, 5) is 30.1. The minimum atomic E-state index is -0.355. The topological polar surface area (TPSA) is 67.4 Å². The fourth-order valence-corrected chi connectivity index (χ4v) is 3.72. The van der Waals surface area contributed by atoms with E-state index in [-0.39, 0.29) is 17.6 Å². The van der Waals surface area contributed by atoms with Crippen LogP contribution in [0.15, 0.2) is 78.9 Å². The molecule has 3 aromatic carbocycles. The molecule has 36 heavy (non-hydrogen) atoms. The number of hydrogen-bond acceptors (Lipinski definition) is 4. The molecule has 0 aliphatic heterocycles. The summed E-state index contributed by atoms with van der Waals surface area (Å²) in [6.07, 6.45) is 4.36. The second kappa shape index (κ2) is 14.9. The number of unbranched alkanes of at least 4 members (excludes halogenated alkanes) is 2. The Morgan fingerprint density at radius 3 is 2.28 bits per heavy atom. The number of rotatable bonds is 13.